The first-order valence-corrected chi connectivity index (χ1v) is 7.25. The maximum Gasteiger partial charge on any atom is 0.348 e. The van der Waals surface area contributed by atoms with Gasteiger partial charge in [-0.25, -0.2) is 9.59 Å². The van der Waals surface area contributed by atoms with E-state index in [0.29, 0.717) is 5.57 Å². The summed E-state index contributed by atoms with van der Waals surface area (Å²) in [5.41, 5.74) is 0.395. The first-order valence-electron chi connectivity index (χ1n) is 7.25. The number of fused-ring (bicyclic) bond motifs is 1. The molecule has 0 spiro atoms. The Balaban J connectivity index is 1.76. The molecule has 0 N–H and O–H groups in total. The molecule has 0 aliphatic carbocycles. The Morgan fingerprint density at radius 3 is 2.47 bits per heavy atom. The molecule has 0 radical (unpaired) electrons. The Hall–Kier alpha value is -1.32. The predicted octanol–water partition coefficient (Wildman–Crippen LogP) is 2.76. The standard InChI is InChI=1S/C15H22O4/c1-3-4-5-6-7-8-9-11-12-10(2)14(16)19-13(12)15(17)18-11/h11-13H,2-9H2,1H3/t11-,12-,13-/m1/s1. The highest BCUT2D eigenvalue weighted by atomic mass is 16.6. The molecule has 4 nitrogen and oxygen atoms in total. The van der Waals surface area contributed by atoms with E-state index in [1.807, 2.05) is 0 Å². The Bertz CT molecular complexity index is 374. The Morgan fingerprint density at radius 1 is 1.05 bits per heavy atom. The van der Waals surface area contributed by atoms with Gasteiger partial charge in [-0.15, -0.1) is 0 Å². The van der Waals surface area contributed by atoms with Crippen molar-refractivity contribution >= 4 is 11.9 Å². The molecule has 2 rings (SSSR count). The zero-order valence-electron chi connectivity index (χ0n) is 11.5. The molecule has 0 unspecified atom stereocenters. The zero-order valence-corrected chi connectivity index (χ0v) is 11.5. The van der Waals surface area contributed by atoms with Gasteiger partial charge in [-0.2, -0.15) is 0 Å². The molecule has 0 aromatic carbocycles. The molecule has 2 heterocycles. The number of esters is 2. The lowest BCUT2D eigenvalue weighted by Crippen LogP contribution is -2.21. The second-order valence-corrected chi connectivity index (χ2v) is 5.41. The van der Waals surface area contributed by atoms with E-state index in [9.17, 15) is 9.59 Å². The van der Waals surface area contributed by atoms with Crippen LogP contribution in [0.5, 0.6) is 0 Å². The number of rotatable bonds is 7. The van der Waals surface area contributed by atoms with Crippen molar-refractivity contribution in [2.75, 3.05) is 0 Å². The van der Waals surface area contributed by atoms with Crippen molar-refractivity contribution in [2.45, 2.75) is 64.1 Å². The van der Waals surface area contributed by atoms with Crippen LogP contribution in [0.3, 0.4) is 0 Å². The second-order valence-electron chi connectivity index (χ2n) is 5.41. The van der Waals surface area contributed by atoms with E-state index in [1.165, 1.54) is 25.7 Å². The van der Waals surface area contributed by atoms with Crippen molar-refractivity contribution in [1.82, 2.24) is 0 Å². The highest BCUT2D eigenvalue weighted by molar-refractivity contribution is 5.97. The van der Waals surface area contributed by atoms with Crippen LogP contribution < -0.4 is 0 Å². The lowest BCUT2D eigenvalue weighted by molar-refractivity contribution is -0.156. The molecule has 2 saturated heterocycles. The summed E-state index contributed by atoms with van der Waals surface area (Å²) in [7, 11) is 0. The van der Waals surface area contributed by atoms with Crippen LogP contribution in [0.25, 0.3) is 0 Å². The predicted molar refractivity (Wildman–Crippen MR) is 70.4 cm³/mol. The first-order chi connectivity index (χ1) is 9.15. The average molecular weight is 266 g/mol. The van der Waals surface area contributed by atoms with Gasteiger partial charge in [-0.1, -0.05) is 45.6 Å². The zero-order chi connectivity index (χ0) is 13.8. The van der Waals surface area contributed by atoms with E-state index in [-0.39, 0.29) is 12.0 Å². The summed E-state index contributed by atoms with van der Waals surface area (Å²) in [4.78, 5) is 23.0. The summed E-state index contributed by atoms with van der Waals surface area (Å²) >= 11 is 0. The van der Waals surface area contributed by atoms with Gasteiger partial charge in [-0.3, -0.25) is 0 Å². The maximum atomic E-state index is 11.6. The lowest BCUT2D eigenvalue weighted by Gasteiger charge is -2.14. The fourth-order valence-corrected chi connectivity index (χ4v) is 2.85. The molecule has 4 heteroatoms. The average Bonchev–Trinajstić information content (AvgIpc) is 2.84. The minimum Gasteiger partial charge on any atom is -0.459 e. The molecule has 106 valence electrons. The van der Waals surface area contributed by atoms with Crippen LogP contribution in [0.4, 0.5) is 0 Å². The largest absolute Gasteiger partial charge is 0.459 e. The number of hydrogen-bond donors (Lipinski definition) is 0. The Labute approximate surface area is 114 Å². The fraction of sp³-hybridized carbons (Fsp3) is 0.733. The number of carbonyl (C=O) groups is 2. The van der Waals surface area contributed by atoms with E-state index in [0.717, 1.165) is 19.3 Å². The third kappa shape index (κ3) is 2.99. The molecule has 2 fully saturated rings. The van der Waals surface area contributed by atoms with Crippen LogP contribution in [0.1, 0.15) is 51.9 Å². The van der Waals surface area contributed by atoms with Gasteiger partial charge in [0.1, 0.15) is 6.10 Å². The van der Waals surface area contributed by atoms with Gasteiger partial charge < -0.3 is 9.47 Å². The second kappa shape index (κ2) is 6.22. The van der Waals surface area contributed by atoms with Crippen molar-refractivity contribution in [2.24, 2.45) is 5.92 Å². The molecular formula is C15H22O4. The van der Waals surface area contributed by atoms with Crippen LogP contribution in [-0.4, -0.2) is 24.1 Å². The topological polar surface area (TPSA) is 52.6 Å². The number of hydrogen-bond acceptors (Lipinski definition) is 4. The van der Waals surface area contributed by atoms with Crippen molar-refractivity contribution in [3.8, 4) is 0 Å². The first kappa shape index (κ1) is 14.1. The van der Waals surface area contributed by atoms with Crippen molar-refractivity contribution in [3.63, 3.8) is 0 Å². The van der Waals surface area contributed by atoms with Gasteiger partial charge >= 0.3 is 11.9 Å². The highest BCUT2D eigenvalue weighted by Gasteiger charge is 2.54. The summed E-state index contributed by atoms with van der Waals surface area (Å²) < 4.78 is 10.3. The third-order valence-corrected chi connectivity index (χ3v) is 3.97. The molecule has 0 saturated carbocycles. The smallest absolute Gasteiger partial charge is 0.348 e. The maximum absolute atomic E-state index is 11.6. The van der Waals surface area contributed by atoms with E-state index in [1.54, 1.807) is 0 Å². The number of cyclic esters (lactones) is 1. The van der Waals surface area contributed by atoms with E-state index >= 15 is 0 Å². The van der Waals surface area contributed by atoms with Gasteiger partial charge in [0.2, 0.25) is 6.10 Å². The third-order valence-electron chi connectivity index (χ3n) is 3.97. The molecular weight excluding hydrogens is 244 g/mol. The van der Waals surface area contributed by atoms with Crippen molar-refractivity contribution in [1.29, 1.82) is 0 Å². The number of carbonyl (C=O) groups excluding carboxylic acids is 2. The molecule has 0 amide bonds. The summed E-state index contributed by atoms with van der Waals surface area (Å²) in [6.45, 7) is 5.92. The van der Waals surface area contributed by atoms with E-state index < -0.39 is 18.0 Å². The van der Waals surface area contributed by atoms with Gasteiger partial charge in [0.15, 0.2) is 0 Å². The summed E-state index contributed by atoms with van der Waals surface area (Å²) in [6, 6.07) is 0. The molecule has 19 heavy (non-hydrogen) atoms. The molecule has 2 aliphatic rings. The number of unbranched alkanes of at least 4 members (excludes halogenated alkanes) is 5. The van der Waals surface area contributed by atoms with Crippen LogP contribution in [0.2, 0.25) is 0 Å². The normalized spacial score (nSPS) is 29.3. The summed E-state index contributed by atoms with van der Waals surface area (Å²) in [5.74, 6) is -1.11. The van der Waals surface area contributed by atoms with E-state index in [4.69, 9.17) is 9.47 Å². The van der Waals surface area contributed by atoms with Crippen LogP contribution in [0.15, 0.2) is 12.2 Å². The monoisotopic (exact) mass is 266 g/mol. The Morgan fingerprint density at radius 2 is 1.74 bits per heavy atom. The SMILES string of the molecule is C=C1C(=O)O[C@H]2C(=O)O[C@H](CCCCCCCC)[C@@H]12. The van der Waals surface area contributed by atoms with Gasteiger partial charge in [0, 0.05) is 5.57 Å². The van der Waals surface area contributed by atoms with Crippen molar-refractivity contribution in [3.05, 3.63) is 12.2 Å². The Kier molecular flexibility index (Phi) is 4.61. The lowest BCUT2D eigenvalue weighted by atomic mass is 9.90. The van der Waals surface area contributed by atoms with Crippen LogP contribution >= 0.6 is 0 Å². The minimum atomic E-state index is -0.731. The molecule has 0 bridgehead atoms. The molecule has 0 aromatic rings. The van der Waals surface area contributed by atoms with Crippen LogP contribution in [0, 0.1) is 5.92 Å². The van der Waals surface area contributed by atoms with Crippen molar-refractivity contribution < 1.29 is 19.1 Å². The fourth-order valence-electron chi connectivity index (χ4n) is 2.85. The van der Waals surface area contributed by atoms with E-state index in [2.05, 4.69) is 13.5 Å². The number of ether oxygens (including phenoxy) is 2. The quantitative estimate of drug-likeness (QED) is 0.404. The molecule has 3 atom stereocenters. The summed E-state index contributed by atoms with van der Waals surface area (Å²) in [5, 5.41) is 0. The molecule has 0 aromatic heterocycles. The van der Waals surface area contributed by atoms with Gasteiger partial charge in [-0.05, 0) is 12.8 Å². The van der Waals surface area contributed by atoms with Crippen LogP contribution in [-0.2, 0) is 19.1 Å². The molecule has 2 aliphatic heterocycles. The van der Waals surface area contributed by atoms with Gasteiger partial charge in [0.05, 0.1) is 5.92 Å². The highest BCUT2D eigenvalue weighted by Crippen LogP contribution is 2.39. The van der Waals surface area contributed by atoms with Gasteiger partial charge in [0.25, 0.3) is 0 Å². The summed E-state index contributed by atoms with van der Waals surface area (Å²) in [6.07, 6.45) is 7.02. The minimum absolute atomic E-state index is 0.220.